The van der Waals surface area contributed by atoms with Crippen LogP contribution in [0.2, 0.25) is 0 Å². The van der Waals surface area contributed by atoms with Crippen molar-refractivity contribution in [3.05, 3.63) is 34.1 Å². The van der Waals surface area contributed by atoms with Gasteiger partial charge in [0.05, 0.1) is 0 Å². The highest BCUT2D eigenvalue weighted by Crippen LogP contribution is 2.26. The van der Waals surface area contributed by atoms with Gasteiger partial charge in [-0.25, -0.2) is 4.39 Å². The smallest absolute Gasteiger partial charge is 0.128 e. The third-order valence-corrected chi connectivity index (χ3v) is 4.45. The van der Waals surface area contributed by atoms with Gasteiger partial charge in [0.2, 0.25) is 0 Å². The molecule has 0 unspecified atom stereocenters. The Bertz CT molecular complexity index is 391. The molecule has 1 saturated carbocycles. The van der Waals surface area contributed by atoms with Crippen LogP contribution in [0.25, 0.3) is 0 Å². The van der Waals surface area contributed by atoms with Crippen LogP contribution >= 0.6 is 31.9 Å². The van der Waals surface area contributed by atoms with Gasteiger partial charge in [0.25, 0.3) is 0 Å². The van der Waals surface area contributed by atoms with Crippen molar-refractivity contribution in [2.24, 2.45) is 0 Å². The fourth-order valence-electron chi connectivity index (χ4n) is 2.64. The topological polar surface area (TPSA) is 3.24 Å². The zero-order valence-electron chi connectivity index (χ0n) is 10.3. The molecule has 1 fully saturated rings. The van der Waals surface area contributed by atoms with E-state index in [4.69, 9.17) is 0 Å². The molecule has 18 heavy (non-hydrogen) atoms. The van der Waals surface area contributed by atoms with Gasteiger partial charge in [-0.1, -0.05) is 50.8 Å². The Balaban J connectivity index is 2.07. The van der Waals surface area contributed by atoms with Gasteiger partial charge in [0.15, 0.2) is 0 Å². The standard InChI is InChI=1S/C14H18Br2FN/c15-7-8-18(13-3-1-2-4-13)10-11-5-6-12(16)9-14(11)17/h5-6,9,13H,1-4,7-8,10H2. The van der Waals surface area contributed by atoms with Gasteiger partial charge in [-0.15, -0.1) is 0 Å². The molecule has 0 N–H and O–H groups in total. The molecule has 0 atom stereocenters. The molecule has 1 aliphatic rings. The Kier molecular flexibility index (Phi) is 5.64. The molecular weight excluding hydrogens is 361 g/mol. The molecule has 1 aromatic rings. The minimum Gasteiger partial charge on any atom is -0.295 e. The predicted octanol–water partition coefficient (Wildman–Crippen LogP) is 4.73. The van der Waals surface area contributed by atoms with E-state index in [9.17, 15) is 4.39 Å². The van der Waals surface area contributed by atoms with E-state index in [1.165, 1.54) is 25.7 Å². The minimum absolute atomic E-state index is 0.109. The largest absolute Gasteiger partial charge is 0.295 e. The van der Waals surface area contributed by atoms with E-state index in [-0.39, 0.29) is 5.82 Å². The van der Waals surface area contributed by atoms with Crippen LogP contribution in [0.4, 0.5) is 4.39 Å². The number of alkyl halides is 1. The number of nitrogens with zero attached hydrogens (tertiary/aromatic N) is 1. The molecule has 0 heterocycles. The lowest BCUT2D eigenvalue weighted by molar-refractivity contribution is 0.200. The summed E-state index contributed by atoms with van der Waals surface area (Å²) >= 11 is 6.80. The van der Waals surface area contributed by atoms with Crippen LogP contribution in [0.5, 0.6) is 0 Å². The number of halogens is 3. The van der Waals surface area contributed by atoms with Crippen molar-refractivity contribution < 1.29 is 4.39 Å². The van der Waals surface area contributed by atoms with E-state index in [0.717, 1.165) is 28.5 Å². The SMILES string of the molecule is Fc1cc(Br)ccc1CN(CCBr)C1CCCC1. The Hall–Kier alpha value is 0.0700. The summed E-state index contributed by atoms with van der Waals surface area (Å²) in [4.78, 5) is 2.41. The lowest BCUT2D eigenvalue weighted by atomic mass is 10.1. The molecule has 2 rings (SSSR count). The fourth-order valence-corrected chi connectivity index (χ4v) is 3.43. The van der Waals surface area contributed by atoms with Gasteiger partial charge in [0, 0.05) is 34.5 Å². The minimum atomic E-state index is -0.109. The quantitative estimate of drug-likeness (QED) is 0.669. The van der Waals surface area contributed by atoms with Gasteiger partial charge in [0.1, 0.15) is 5.82 Å². The van der Waals surface area contributed by atoms with Crippen LogP contribution in [0.15, 0.2) is 22.7 Å². The van der Waals surface area contributed by atoms with Gasteiger partial charge in [-0.05, 0) is 25.0 Å². The second-order valence-electron chi connectivity index (χ2n) is 4.83. The predicted molar refractivity (Wildman–Crippen MR) is 80.6 cm³/mol. The van der Waals surface area contributed by atoms with E-state index in [0.29, 0.717) is 6.04 Å². The van der Waals surface area contributed by atoms with E-state index in [1.54, 1.807) is 6.07 Å². The number of benzene rings is 1. The highest BCUT2D eigenvalue weighted by molar-refractivity contribution is 9.10. The van der Waals surface area contributed by atoms with Crippen molar-refractivity contribution in [2.45, 2.75) is 38.3 Å². The second kappa shape index (κ2) is 7.01. The average molecular weight is 379 g/mol. The molecule has 0 bridgehead atoms. The summed E-state index contributed by atoms with van der Waals surface area (Å²) < 4.78 is 14.7. The van der Waals surface area contributed by atoms with Crippen LogP contribution in [0, 0.1) is 5.82 Å². The Morgan fingerprint density at radius 3 is 2.61 bits per heavy atom. The Morgan fingerprint density at radius 2 is 2.00 bits per heavy atom. The van der Waals surface area contributed by atoms with Gasteiger partial charge < -0.3 is 0 Å². The lowest BCUT2D eigenvalue weighted by Gasteiger charge is -2.28. The van der Waals surface area contributed by atoms with Crippen LogP contribution in [-0.2, 0) is 6.54 Å². The first-order valence-electron chi connectivity index (χ1n) is 6.44. The monoisotopic (exact) mass is 377 g/mol. The Labute approximate surface area is 125 Å². The fraction of sp³-hybridized carbons (Fsp3) is 0.571. The lowest BCUT2D eigenvalue weighted by Crippen LogP contribution is -2.34. The van der Waals surface area contributed by atoms with Crippen LogP contribution in [0.1, 0.15) is 31.2 Å². The first kappa shape index (κ1) is 14.5. The molecule has 1 aromatic carbocycles. The van der Waals surface area contributed by atoms with E-state index < -0.39 is 0 Å². The molecule has 0 saturated heterocycles. The van der Waals surface area contributed by atoms with Crippen molar-refractivity contribution in [3.8, 4) is 0 Å². The van der Waals surface area contributed by atoms with Gasteiger partial charge in [-0.3, -0.25) is 4.90 Å². The molecule has 1 nitrogen and oxygen atoms in total. The third-order valence-electron chi connectivity index (χ3n) is 3.60. The maximum absolute atomic E-state index is 13.9. The molecule has 4 heteroatoms. The first-order valence-corrected chi connectivity index (χ1v) is 8.36. The second-order valence-corrected chi connectivity index (χ2v) is 6.54. The average Bonchev–Trinajstić information content (AvgIpc) is 2.85. The summed E-state index contributed by atoms with van der Waals surface area (Å²) in [6, 6.07) is 5.98. The van der Waals surface area contributed by atoms with Crippen LogP contribution in [-0.4, -0.2) is 22.8 Å². The molecule has 0 aromatic heterocycles. The highest BCUT2D eigenvalue weighted by Gasteiger charge is 2.22. The van der Waals surface area contributed by atoms with Crippen LogP contribution in [0.3, 0.4) is 0 Å². The normalized spacial score (nSPS) is 16.7. The molecule has 1 aliphatic carbocycles. The summed E-state index contributed by atoms with van der Waals surface area (Å²) in [5.41, 5.74) is 0.797. The van der Waals surface area contributed by atoms with Crippen molar-refractivity contribution in [1.29, 1.82) is 0 Å². The van der Waals surface area contributed by atoms with Crippen LogP contribution < -0.4 is 0 Å². The molecular formula is C14H18Br2FN. The summed E-state index contributed by atoms with van der Waals surface area (Å²) in [7, 11) is 0. The summed E-state index contributed by atoms with van der Waals surface area (Å²) in [5, 5.41) is 0.946. The first-order chi connectivity index (χ1) is 8.70. The van der Waals surface area contributed by atoms with Crippen molar-refractivity contribution >= 4 is 31.9 Å². The zero-order chi connectivity index (χ0) is 13.0. The number of hydrogen-bond donors (Lipinski definition) is 0. The number of rotatable bonds is 5. The molecule has 0 radical (unpaired) electrons. The maximum atomic E-state index is 13.9. The van der Waals surface area contributed by atoms with Gasteiger partial charge >= 0.3 is 0 Å². The Morgan fingerprint density at radius 1 is 1.28 bits per heavy atom. The van der Waals surface area contributed by atoms with Crippen molar-refractivity contribution in [3.63, 3.8) is 0 Å². The third kappa shape index (κ3) is 3.78. The molecule has 0 spiro atoms. The highest BCUT2D eigenvalue weighted by atomic mass is 79.9. The maximum Gasteiger partial charge on any atom is 0.128 e. The van der Waals surface area contributed by atoms with Crippen molar-refractivity contribution in [1.82, 2.24) is 4.90 Å². The van der Waals surface area contributed by atoms with E-state index >= 15 is 0 Å². The summed E-state index contributed by atoms with van der Waals surface area (Å²) in [6.07, 6.45) is 5.13. The molecule has 0 amide bonds. The zero-order valence-corrected chi connectivity index (χ0v) is 13.5. The van der Waals surface area contributed by atoms with Gasteiger partial charge in [-0.2, -0.15) is 0 Å². The molecule has 100 valence electrons. The van der Waals surface area contributed by atoms with E-state index in [2.05, 4.69) is 36.8 Å². The number of hydrogen-bond acceptors (Lipinski definition) is 1. The summed E-state index contributed by atoms with van der Waals surface area (Å²) in [6.45, 7) is 1.70. The molecule has 0 aliphatic heterocycles. The van der Waals surface area contributed by atoms with Crippen molar-refractivity contribution in [2.75, 3.05) is 11.9 Å². The van der Waals surface area contributed by atoms with E-state index in [1.807, 2.05) is 12.1 Å². The summed E-state index contributed by atoms with van der Waals surface area (Å²) in [5.74, 6) is -0.109.